The highest BCUT2D eigenvalue weighted by Crippen LogP contribution is 2.20. The molecule has 1 aliphatic rings. The third-order valence-electron chi connectivity index (χ3n) is 4.55. The number of pyridine rings is 1. The van der Waals surface area contributed by atoms with Crippen LogP contribution in [0.2, 0.25) is 0 Å². The van der Waals surface area contributed by atoms with Crippen molar-refractivity contribution in [2.75, 3.05) is 13.6 Å². The zero-order valence-electron chi connectivity index (χ0n) is 14.3. The quantitative estimate of drug-likeness (QED) is 0.911. The molecule has 1 saturated heterocycles. The lowest BCUT2D eigenvalue weighted by Crippen LogP contribution is -2.52. The number of carbonyl (C=O) groups is 2. The normalized spacial score (nSPS) is 17.9. The first-order chi connectivity index (χ1) is 10.9. The molecule has 0 spiro atoms. The molecule has 6 heteroatoms. The Bertz CT molecular complexity index is 678. The summed E-state index contributed by atoms with van der Waals surface area (Å²) in [4.78, 5) is 39.3. The van der Waals surface area contributed by atoms with Crippen molar-refractivity contribution >= 4 is 11.8 Å². The third kappa shape index (κ3) is 3.16. The van der Waals surface area contributed by atoms with Crippen molar-refractivity contribution in [3.8, 4) is 0 Å². The summed E-state index contributed by atoms with van der Waals surface area (Å²) in [5, 5.41) is 2.62. The van der Waals surface area contributed by atoms with Gasteiger partial charge in [-0.25, -0.2) is 0 Å². The van der Waals surface area contributed by atoms with Crippen LogP contribution in [0.25, 0.3) is 0 Å². The Kier molecular flexibility index (Phi) is 5.23. The minimum Gasteiger partial charge on any atom is -0.357 e. The number of hydrogen-bond acceptors (Lipinski definition) is 3. The van der Waals surface area contributed by atoms with Gasteiger partial charge in [-0.1, -0.05) is 0 Å². The number of piperidine rings is 1. The summed E-state index contributed by atoms with van der Waals surface area (Å²) in [6, 6.07) is 1.37. The molecule has 0 unspecified atom stereocenters. The highest BCUT2D eigenvalue weighted by atomic mass is 16.2. The Morgan fingerprint density at radius 2 is 2.00 bits per heavy atom. The van der Waals surface area contributed by atoms with Crippen molar-refractivity contribution in [2.24, 2.45) is 0 Å². The van der Waals surface area contributed by atoms with E-state index in [1.54, 1.807) is 23.4 Å². The van der Waals surface area contributed by atoms with Gasteiger partial charge in [-0.15, -0.1) is 0 Å². The molecule has 126 valence electrons. The highest BCUT2D eigenvalue weighted by molar-refractivity contribution is 5.98. The van der Waals surface area contributed by atoms with Crippen molar-refractivity contribution < 1.29 is 9.59 Å². The van der Waals surface area contributed by atoms with Gasteiger partial charge < -0.3 is 14.8 Å². The number of hydrogen-bond donors (Lipinski definition) is 1. The maximum atomic E-state index is 13.0. The molecule has 1 aromatic rings. The molecule has 23 heavy (non-hydrogen) atoms. The van der Waals surface area contributed by atoms with E-state index < -0.39 is 6.04 Å². The van der Waals surface area contributed by atoms with Crippen LogP contribution in [0.1, 0.15) is 47.8 Å². The van der Waals surface area contributed by atoms with E-state index in [2.05, 4.69) is 5.32 Å². The number of nitrogens with zero attached hydrogens (tertiary/aromatic N) is 2. The van der Waals surface area contributed by atoms with E-state index >= 15 is 0 Å². The first-order valence-electron chi connectivity index (χ1n) is 8.16. The highest BCUT2D eigenvalue weighted by Gasteiger charge is 2.34. The zero-order chi connectivity index (χ0) is 17.1. The zero-order valence-corrected chi connectivity index (χ0v) is 14.3. The summed E-state index contributed by atoms with van der Waals surface area (Å²) in [5.41, 5.74) is 1.43. The fourth-order valence-electron chi connectivity index (χ4n) is 3.34. The van der Waals surface area contributed by atoms with Crippen LogP contribution in [0, 0.1) is 13.8 Å². The molecule has 0 radical (unpaired) electrons. The minimum atomic E-state index is -0.489. The van der Waals surface area contributed by atoms with Crippen molar-refractivity contribution in [3.05, 3.63) is 33.2 Å². The van der Waals surface area contributed by atoms with Crippen LogP contribution in [0.15, 0.2) is 10.9 Å². The second-order valence-electron chi connectivity index (χ2n) is 6.02. The van der Waals surface area contributed by atoms with Gasteiger partial charge in [0, 0.05) is 25.8 Å². The van der Waals surface area contributed by atoms with Crippen LogP contribution < -0.4 is 10.9 Å². The van der Waals surface area contributed by atoms with Gasteiger partial charge >= 0.3 is 0 Å². The molecule has 2 amide bonds. The molecule has 0 saturated carbocycles. The van der Waals surface area contributed by atoms with Gasteiger partial charge in [0.15, 0.2) is 0 Å². The summed E-state index contributed by atoms with van der Waals surface area (Å²) in [7, 11) is 1.57. The van der Waals surface area contributed by atoms with Crippen molar-refractivity contribution in [2.45, 2.75) is 52.6 Å². The molecule has 2 rings (SSSR count). The lowest BCUT2D eigenvalue weighted by Gasteiger charge is -2.34. The summed E-state index contributed by atoms with van der Waals surface area (Å²) in [6.45, 7) is 6.55. The van der Waals surface area contributed by atoms with E-state index in [1.807, 2.05) is 19.9 Å². The molecule has 6 nitrogen and oxygen atoms in total. The average molecular weight is 319 g/mol. The van der Waals surface area contributed by atoms with Crippen LogP contribution in [-0.4, -0.2) is 40.9 Å². The largest absolute Gasteiger partial charge is 0.357 e. The van der Waals surface area contributed by atoms with Crippen molar-refractivity contribution in [1.82, 2.24) is 14.8 Å². The van der Waals surface area contributed by atoms with Crippen LogP contribution in [-0.2, 0) is 11.3 Å². The Hall–Kier alpha value is -2.11. The topological polar surface area (TPSA) is 71.4 Å². The summed E-state index contributed by atoms with van der Waals surface area (Å²) in [6.07, 6.45) is 2.40. The second-order valence-corrected chi connectivity index (χ2v) is 6.02. The second kappa shape index (κ2) is 6.98. The Morgan fingerprint density at radius 3 is 2.61 bits per heavy atom. The number of nitrogens with one attached hydrogen (secondary N) is 1. The van der Waals surface area contributed by atoms with Gasteiger partial charge in [0.25, 0.3) is 11.5 Å². The third-order valence-corrected chi connectivity index (χ3v) is 4.55. The van der Waals surface area contributed by atoms with E-state index in [-0.39, 0.29) is 22.9 Å². The number of aryl methyl sites for hydroxylation is 2. The average Bonchev–Trinajstić information content (AvgIpc) is 2.53. The van der Waals surface area contributed by atoms with Crippen molar-refractivity contribution in [1.29, 1.82) is 0 Å². The fraction of sp³-hybridized carbons (Fsp3) is 0.588. The number of carbonyl (C=O) groups excluding carboxylic acids is 2. The Labute approximate surface area is 136 Å². The summed E-state index contributed by atoms with van der Waals surface area (Å²) >= 11 is 0. The van der Waals surface area contributed by atoms with E-state index in [1.165, 1.54) is 0 Å². The fourth-order valence-corrected chi connectivity index (χ4v) is 3.34. The monoisotopic (exact) mass is 319 g/mol. The number of likely N-dealkylation sites (N-methyl/N-ethyl adjacent to an activating group) is 1. The SMILES string of the molecule is CCn1c(C)cc(C)c(C(=O)N2CCCC[C@@H]2C(=O)NC)c1=O. The standard InChI is InChI=1S/C17H25N3O3/c1-5-19-12(3)10-11(2)14(16(19)22)17(23)20-9-7-6-8-13(20)15(21)18-4/h10,13H,5-9H2,1-4H3,(H,18,21)/t13-/m1/s1. The van der Waals surface area contributed by atoms with E-state index in [9.17, 15) is 14.4 Å². The molecule has 1 atom stereocenters. The van der Waals surface area contributed by atoms with E-state index in [0.29, 0.717) is 25.1 Å². The van der Waals surface area contributed by atoms with Gasteiger partial charge in [-0.3, -0.25) is 14.4 Å². The summed E-state index contributed by atoms with van der Waals surface area (Å²) in [5.74, 6) is -0.498. The van der Waals surface area contributed by atoms with Gasteiger partial charge in [-0.2, -0.15) is 0 Å². The first-order valence-corrected chi connectivity index (χ1v) is 8.16. The Balaban J connectivity index is 2.47. The van der Waals surface area contributed by atoms with E-state index in [0.717, 1.165) is 18.5 Å². The van der Waals surface area contributed by atoms with Gasteiger partial charge in [0.2, 0.25) is 5.91 Å². The molecule has 1 aliphatic heterocycles. The first kappa shape index (κ1) is 17.2. The smallest absolute Gasteiger partial charge is 0.263 e. The molecule has 1 fully saturated rings. The van der Waals surface area contributed by atoms with Crippen LogP contribution >= 0.6 is 0 Å². The predicted molar refractivity (Wildman–Crippen MR) is 88.6 cm³/mol. The number of likely N-dealkylation sites (tertiary alicyclic amines) is 1. The predicted octanol–water partition coefficient (Wildman–Crippen LogP) is 1.23. The Morgan fingerprint density at radius 1 is 1.30 bits per heavy atom. The molecular weight excluding hydrogens is 294 g/mol. The lowest BCUT2D eigenvalue weighted by molar-refractivity contribution is -0.126. The molecule has 1 aromatic heterocycles. The van der Waals surface area contributed by atoms with E-state index in [4.69, 9.17) is 0 Å². The molecule has 2 heterocycles. The maximum absolute atomic E-state index is 13.0. The van der Waals surface area contributed by atoms with Gasteiger partial charge in [0.1, 0.15) is 11.6 Å². The van der Waals surface area contributed by atoms with Crippen LogP contribution in [0.5, 0.6) is 0 Å². The molecular formula is C17H25N3O3. The number of aromatic nitrogens is 1. The van der Waals surface area contributed by atoms with Crippen LogP contribution in [0.3, 0.4) is 0 Å². The number of rotatable bonds is 3. The van der Waals surface area contributed by atoms with Crippen molar-refractivity contribution in [3.63, 3.8) is 0 Å². The molecule has 0 aliphatic carbocycles. The number of amides is 2. The van der Waals surface area contributed by atoms with Gasteiger partial charge in [-0.05, 0) is 51.7 Å². The van der Waals surface area contributed by atoms with Gasteiger partial charge in [0.05, 0.1) is 0 Å². The molecule has 0 bridgehead atoms. The molecule has 1 N–H and O–H groups in total. The molecule has 0 aromatic carbocycles. The maximum Gasteiger partial charge on any atom is 0.263 e. The summed E-state index contributed by atoms with van der Waals surface area (Å²) < 4.78 is 1.60. The van der Waals surface area contributed by atoms with Crippen LogP contribution in [0.4, 0.5) is 0 Å². The minimum absolute atomic E-state index is 0.168. The lowest BCUT2D eigenvalue weighted by atomic mass is 9.99.